The van der Waals surface area contributed by atoms with Gasteiger partial charge in [-0.15, -0.1) is 0 Å². The van der Waals surface area contributed by atoms with Crippen LogP contribution in [-0.2, 0) is 65.4 Å². The van der Waals surface area contributed by atoms with Gasteiger partial charge in [-0.1, -0.05) is 221 Å². The maximum absolute atomic E-state index is 12.9. The van der Waals surface area contributed by atoms with Gasteiger partial charge in [-0.2, -0.15) is 0 Å². The number of rotatable bonds is 56. The molecule has 6 atom stereocenters. The highest BCUT2D eigenvalue weighted by Crippen LogP contribution is 2.45. The van der Waals surface area contributed by atoms with E-state index in [1.807, 2.05) is 0 Å². The molecule has 0 aliphatic rings. The van der Waals surface area contributed by atoms with Gasteiger partial charge in [0.1, 0.15) is 19.3 Å². The van der Waals surface area contributed by atoms with Crippen molar-refractivity contribution >= 4 is 39.5 Å². The van der Waals surface area contributed by atoms with Crippen LogP contribution in [0.1, 0.15) is 272 Å². The first-order chi connectivity index (χ1) is 36.1. The Bertz CT molecular complexity index is 1490. The number of unbranched alkanes of at least 4 members (excludes halogenated alkanes) is 27. The van der Waals surface area contributed by atoms with Gasteiger partial charge in [0.25, 0.3) is 0 Å². The quantitative estimate of drug-likeness (QED) is 0.0222. The van der Waals surface area contributed by atoms with Crippen LogP contribution in [0, 0.1) is 5.92 Å². The Morgan fingerprint density at radius 2 is 0.640 bits per heavy atom. The molecule has 0 saturated heterocycles. The number of carbonyl (C=O) groups is 4. The molecule has 17 nitrogen and oxygen atoms in total. The van der Waals surface area contributed by atoms with E-state index in [1.54, 1.807) is 0 Å². The smallest absolute Gasteiger partial charge is 0.462 e. The minimum atomic E-state index is -4.93. The molecule has 19 heteroatoms. The van der Waals surface area contributed by atoms with Gasteiger partial charge in [0, 0.05) is 25.7 Å². The van der Waals surface area contributed by atoms with Crippen molar-refractivity contribution in [3.63, 3.8) is 0 Å². The minimum absolute atomic E-state index is 0.0987. The lowest BCUT2D eigenvalue weighted by atomic mass is 9.99. The number of hydrogen-bond acceptors (Lipinski definition) is 15. The predicted octanol–water partition coefficient (Wildman–Crippen LogP) is 14.7. The van der Waals surface area contributed by atoms with Crippen molar-refractivity contribution in [3.05, 3.63) is 0 Å². The highest BCUT2D eigenvalue weighted by Gasteiger charge is 2.30. The summed E-state index contributed by atoms with van der Waals surface area (Å²) in [5.74, 6) is -1.39. The van der Waals surface area contributed by atoms with Crippen molar-refractivity contribution in [2.75, 3.05) is 39.6 Å². The fraction of sp³-hybridized carbons (Fsp3) is 0.929. The van der Waals surface area contributed by atoms with Crippen LogP contribution >= 0.6 is 15.6 Å². The first-order valence-corrected chi connectivity index (χ1v) is 32.7. The zero-order valence-electron chi connectivity index (χ0n) is 47.7. The SMILES string of the molecule is CCCCCCCCCCCCCCCC(=O)O[C@H](COC(=O)CCCCCCCCCCC(C)CC)COP(=O)(O)OC[C@@H](O)COP(=O)(O)OC[C@@H](COC(=O)CCCCCCC)OC(=O)CCCCCCC. The van der Waals surface area contributed by atoms with E-state index in [9.17, 15) is 43.2 Å². The second-order valence-electron chi connectivity index (χ2n) is 20.6. The van der Waals surface area contributed by atoms with Crippen LogP contribution in [0.2, 0.25) is 0 Å². The molecular weight excluding hydrogens is 1010 g/mol. The van der Waals surface area contributed by atoms with Crippen molar-refractivity contribution in [2.45, 2.75) is 291 Å². The van der Waals surface area contributed by atoms with E-state index in [4.69, 9.17) is 37.0 Å². The Kier molecular flexibility index (Phi) is 49.0. The van der Waals surface area contributed by atoms with Gasteiger partial charge in [0.15, 0.2) is 12.2 Å². The average Bonchev–Trinajstić information content (AvgIpc) is 3.38. The van der Waals surface area contributed by atoms with Gasteiger partial charge in [0.2, 0.25) is 0 Å². The molecule has 0 aliphatic heterocycles. The maximum Gasteiger partial charge on any atom is 0.472 e. The van der Waals surface area contributed by atoms with Crippen LogP contribution in [-0.4, -0.2) is 96.7 Å². The Labute approximate surface area is 454 Å². The fourth-order valence-corrected chi connectivity index (χ4v) is 9.71. The molecule has 0 amide bonds. The lowest BCUT2D eigenvalue weighted by Gasteiger charge is -2.21. The molecule has 0 aromatic heterocycles. The van der Waals surface area contributed by atoms with Gasteiger partial charge in [-0.25, -0.2) is 9.13 Å². The summed E-state index contributed by atoms with van der Waals surface area (Å²) in [5.41, 5.74) is 0. The molecule has 3 unspecified atom stereocenters. The van der Waals surface area contributed by atoms with E-state index in [0.29, 0.717) is 25.7 Å². The lowest BCUT2D eigenvalue weighted by molar-refractivity contribution is -0.161. The zero-order chi connectivity index (χ0) is 55.7. The first kappa shape index (κ1) is 73.1. The van der Waals surface area contributed by atoms with Gasteiger partial charge in [-0.05, 0) is 31.6 Å². The van der Waals surface area contributed by atoms with E-state index in [1.165, 1.54) is 89.9 Å². The van der Waals surface area contributed by atoms with Crippen LogP contribution in [0.25, 0.3) is 0 Å². The number of esters is 4. The third-order valence-electron chi connectivity index (χ3n) is 13.1. The molecule has 75 heavy (non-hydrogen) atoms. The topological polar surface area (TPSA) is 237 Å². The van der Waals surface area contributed by atoms with E-state index < -0.39 is 97.5 Å². The summed E-state index contributed by atoms with van der Waals surface area (Å²) in [5, 5.41) is 10.4. The number of phosphoric acid groups is 2. The normalized spacial score (nSPS) is 14.8. The first-order valence-electron chi connectivity index (χ1n) is 29.7. The molecule has 444 valence electrons. The van der Waals surface area contributed by atoms with Gasteiger partial charge in [-0.3, -0.25) is 37.3 Å². The number of phosphoric ester groups is 2. The van der Waals surface area contributed by atoms with Gasteiger partial charge >= 0.3 is 39.5 Å². The van der Waals surface area contributed by atoms with Crippen LogP contribution in [0.3, 0.4) is 0 Å². The largest absolute Gasteiger partial charge is 0.472 e. The average molecular weight is 1120 g/mol. The molecule has 0 radical (unpaired) electrons. The lowest BCUT2D eigenvalue weighted by Crippen LogP contribution is -2.30. The summed E-state index contributed by atoms with van der Waals surface area (Å²) in [6, 6.07) is 0. The molecule has 0 bridgehead atoms. The van der Waals surface area contributed by atoms with Crippen LogP contribution in [0.4, 0.5) is 0 Å². The molecule has 0 aromatic rings. The summed E-state index contributed by atoms with van der Waals surface area (Å²) >= 11 is 0. The number of ether oxygens (including phenoxy) is 4. The van der Waals surface area contributed by atoms with Crippen molar-refractivity contribution in [2.24, 2.45) is 5.92 Å². The van der Waals surface area contributed by atoms with Crippen LogP contribution < -0.4 is 0 Å². The molecule has 0 aromatic carbocycles. The van der Waals surface area contributed by atoms with Crippen LogP contribution in [0.5, 0.6) is 0 Å². The van der Waals surface area contributed by atoms with E-state index in [-0.39, 0.29) is 25.7 Å². The molecule has 0 fully saturated rings. The van der Waals surface area contributed by atoms with Crippen molar-refractivity contribution < 1.29 is 80.2 Å². The molecular formula is C56H108O17P2. The summed E-state index contributed by atoms with van der Waals surface area (Å²) in [6.45, 7) is 6.95. The Morgan fingerprint density at radius 3 is 0.947 bits per heavy atom. The molecule has 0 spiro atoms. The highest BCUT2D eigenvalue weighted by atomic mass is 31.2. The summed E-state index contributed by atoms with van der Waals surface area (Å²) in [4.78, 5) is 71.3. The molecule has 0 rings (SSSR count). The zero-order valence-corrected chi connectivity index (χ0v) is 49.5. The maximum atomic E-state index is 12.9. The number of carbonyl (C=O) groups excluding carboxylic acids is 4. The Morgan fingerprint density at radius 1 is 0.373 bits per heavy atom. The summed E-state index contributed by atoms with van der Waals surface area (Å²) in [7, 11) is -9.85. The minimum Gasteiger partial charge on any atom is -0.462 e. The second kappa shape index (κ2) is 50.3. The Hall–Kier alpha value is -1.94. The van der Waals surface area contributed by atoms with Crippen molar-refractivity contribution in [1.82, 2.24) is 0 Å². The highest BCUT2D eigenvalue weighted by molar-refractivity contribution is 7.47. The number of hydrogen-bond donors (Lipinski definition) is 3. The third kappa shape index (κ3) is 50.1. The van der Waals surface area contributed by atoms with E-state index in [0.717, 1.165) is 102 Å². The number of aliphatic hydroxyl groups is 1. The molecule has 0 saturated carbocycles. The third-order valence-corrected chi connectivity index (χ3v) is 15.0. The van der Waals surface area contributed by atoms with Gasteiger partial charge < -0.3 is 33.8 Å². The van der Waals surface area contributed by atoms with E-state index in [2.05, 4.69) is 34.6 Å². The fourth-order valence-electron chi connectivity index (χ4n) is 8.14. The molecule has 0 aliphatic carbocycles. The number of aliphatic hydroxyl groups excluding tert-OH is 1. The summed E-state index contributed by atoms with van der Waals surface area (Å²) in [6.07, 6.45) is 31.4. The standard InChI is InChI=1S/C56H108O17P2/c1-6-10-13-16-17-18-19-20-21-22-27-32-37-42-56(61)73-52(46-67-54(59)40-35-31-26-24-23-25-30-33-38-49(5)9-4)48-71-75(64,65)69-44-50(57)43-68-74(62,63)70-47-51(72-55(60)41-36-29-15-12-8-3)45-66-53(58)39-34-28-14-11-7-2/h49-52,57H,6-48H2,1-5H3,(H,62,63)(H,64,65)/t49?,50-,51+,52+/m0/s1. The van der Waals surface area contributed by atoms with Crippen LogP contribution in [0.15, 0.2) is 0 Å². The Balaban J connectivity index is 5.15. The van der Waals surface area contributed by atoms with Gasteiger partial charge in [0.05, 0.1) is 26.4 Å². The van der Waals surface area contributed by atoms with Crippen molar-refractivity contribution in [3.8, 4) is 0 Å². The van der Waals surface area contributed by atoms with Crippen molar-refractivity contribution in [1.29, 1.82) is 0 Å². The predicted molar refractivity (Wildman–Crippen MR) is 294 cm³/mol. The molecule has 0 heterocycles. The second-order valence-corrected chi connectivity index (χ2v) is 23.5. The monoisotopic (exact) mass is 1110 g/mol. The van der Waals surface area contributed by atoms with E-state index >= 15 is 0 Å². The summed E-state index contributed by atoms with van der Waals surface area (Å²) < 4.78 is 67.3. The molecule has 3 N–H and O–H groups in total.